The minimum atomic E-state index is -1.34. The number of amides is 1. The number of carboxylic acids is 1. The summed E-state index contributed by atoms with van der Waals surface area (Å²) in [7, 11) is 3.86. The maximum atomic E-state index is 14.0. The Labute approximate surface area is 405 Å². The summed E-state index contributed by atoms with van der Waals surface area (Å²) in [6.45, 7) is 21.0. The smallest absolute Gasteiger partial charge is 0.461 e. The molecule has 0 aromatic heterocycles. The minimum absolute atomic E-state index is 0.0589. The molecule has 1 amide bonds. The Morgan fingerprint density at radius 1 is 0.836 bits per heavy atom. The number of alkyl carbamates (subject to hydrolysis) is 1. The number of carbonyl (C=O) groups is 4. The fourth-order valence-electron chi connectivity index (χ4n) is 9.69. The lowest BCUT2D eigenvalue weighted by Crippen LogP contribution is -2.65. The molecule has 7 atom stereocenters. The normalized spacial score (nSPS) is 21.8. The molecule has 4 fully saturated rings. The molecule has 2 bridgehead atoms. The highest BCUT2D eigenvalue weighted by molar-refractivity contribution is 6.48. The summed E-state index contributed by atoms with van der Waals surface area (Å²) >= 11 is 12.8. The number of ketones is 1. The predicted octanol–water partition coefficient (Wildman–Crippen LogP) is 10.2. The monoisotopic (exact) mass is 968 g/mol. The van der Waals surface area contributed by atoms with Gasteiger partial charge in [-0.2, -0.15) is 0 Å². The molecule has 0 spiro atoms. The van der Waals surface area contributed by atoms with Gasteiger partial charge in [0.2, 0.25) is 0 Å². The second-order valence-corrected chi connectivity index (χ2v) is 21.3. The zero-order chi connectivity index (χ0) is 50.1. The third kappa shape index (κ3) is 11.7. The van der Waals surface area contributed by atoms with Gasteiger partial charge in [0.25, 0.3) is 0 Å². The second kappa shape index (κ2) is 20.6. The average molecular weight is 970 g/mol. The van der Waals surface area contributed by atoms with Crippen LogP contribution in [0.5, 0.6) is 17.2 Å². The highest BCUT2D eigenvalue weighted by atomic mass is 35.5. The summed E-state index contributed by atoms with van der Waals surface area (Å²) in [6, 6.07) is 9.91. The molecule has 1 heterocycles. The second-order valence-electron chi connectivity index (χ2n) is 20.5. The number of hydrogen-bond acceptors (Lipinski definition) is 12. The standard InChI is InChI=1S/C35H47BClNO7.C15H20ClNO5/c1-19-13-14-23(28(37)30(19)41-8)29(38)25(39)18-22(36-44-27-17-21-16-26(34(21,5)6)35(27,7)45-36)15-20-11-10-12-24(31(20)42-9)32(40)43-33(2,3)4;1-8-6-7-9(10(16)12(8)21-5)11(13(18)19)17-14(20)22-15(2,3)4/h10-14,21-22,26-27,29H,15-18,38H2,1-9H3;6-7,11H,1-5H3,(H,17,20)(H,18,19)/t21-,22+,26-,27+,29?,35-;/m0./s1. The van der Waals surface area contributed by atoms with Crippen LogP contribution in [0.15, 0.2) is 42.5 Å². The third-order valence-electron chi connectivity index (χ3n) is 13.2. The van der Waals surface area contributed by atoms with E-state index in [0.717, 1.165) is 29.5 Å². The van der Waals surface area contributed by atoms with Crippen molar-refractivity contribution in [1.29, 1.82) is 0 Å². The van der Waals surface area contributed by atoms with Crippen LogP contribution in [0, 0.1) is 31.1 Å². The Hall–Kier alpha value is -4.54. The lowest BCUT2D eigenvalue weighted by Gasteiger charge is -2.64. The number of hydrogen-bond donors (Lipinski definition) is 3. The molecule has 17 heteroatoms. The topological polar surface area (TPSA) is 191 Å². The van der Waals surface area contributed by atoms with E-state index in [0.29, 0.717) is 51.7 Å². The van der Waals surface area contributed by atoms with Crippen LogP contribution >= 0.6 is 23.2 Å². The number of nitrogens with one attached hydrogen (secondary N) is 1. The van der Waals surface area contributed by atoms with Crippen LogP contribution in [0.4, 0.5) is 4.79 Å². The van der Waals surface area contributed by atoms with Gasteiger partial charge in [-0.25, -0.2) is 14.4 Å². The van der Waals surface area contributed by atoms with Crippen molar-refractivity contribution < 1.29 is 57.3 Å². The summed E-state index contributed by atoms with van der Waals surface area (Å²) in [6.07, 6.45) is 1.57. The lowest BCUT2D eigenvalue weighted by molar-refractivity contribution is -0.199. The Morgan fingerprint density at radius 3 is 1.91 bits per heavy atom. The molecule has 3 aromatic rings. The van der Waals surface area contributed by atoms with Crippen LogP contribution in [0.25, 0.3) is 0 Å². The number of rotatable bonds is 14. The summed E-state index contributed by atoms with van der Waals surface area (Å²) in [5, 5.41) is 12.1. The van der Waals surface area contributed by atoms with Gasteiger partial charge in [0, 0.05) is 17.8 Å². The van der Waals surface area contributed by atoms with E-state index < -0.39 is 59.9 Å². The van der Waals surface area contributed by atoms with Crippen LogP contribution in [0.1, 0.15) is 132 Å². The molecule has 3 aromatic carbocycles. The van der Waals surface area contributed by atoms with Gasteiger partial charge in [-0.05, 0) is 127 Å². The first-order valence-electron chi connectivity index (χ1n) is 22.5. The number of esters is 1. The first-order valence-corrected chi connectivity index (χ1v) is 23.2. The van der Waals surface area contributed by atoms with Crippen molar-refractivity contribution in [3.8, 4) is 17.2 Å². The van der Waals surface area contributed by atoms with Gasteiger partial charge >= 0.3 is 25.2 Å². The molecule has 3 saturated carbocycles. The molecule has 366 valence electrons. The van der Waals surface area contributed by atoms with Crippen molar-refractivity contribution in [2.24, 2.45) is 23.0 Å². The zero-order valence-electron chi connectivity index (χ0n) is 41.2. The third-order valence-corrected chi connectivity index (χ3v) is 14.0. The van der Waals surface area contributed by atoms with Crippen LogP contribution < -0.4 is 25.3 Å². The first kappa shape index (κ1) is 53.4. The number of Topliss-reactive ketones (excluding diaryl/α,β-unsaturated/α-hetero) is 1. The largest absolute Gasteiger partial charge is 0.496 e. The van der Waals surface area contributed by atoms with Crippen molar-refractivity contribution in [2.45, 2.75) is 143 Å². The highest BCUT2D eigenvalue weighted by Gasteiger charge is 2.68. The van der Waals surface area contributed by atoms with Crippen LogP contribution in [0.3, 0.4) is 0 Å². The predicted molar refractivity (Wildman–Crippen MR) is 258 cm³/mol. The lowest BCUT2D eigenvalue weighted by atomic mass is 9.43. The molecule has 1 saturated heterocycles. The fourth-order valence-corrected chi connectivity index (χ4v) is 10.5. The molecule has 1 aliphatic heterocycles. The van der Waals surface area contributed by atoms with E-state index in [1.165, 1.54) is 20.3 Å². The van der Waals surface area contributed by atoms with E-state index in [1.54, 1.807) is 59.1 Å². The number of methoxy groups -OCH3 is 3. The SMILES string of the molecule is COc1c(C)ccc(C(NC(=O)OC(C)(C)C)C(=O)O)c1Cl.COc1c(C[C@H](CC(=O)C(N)c2ccc(C)c(OC)c2Cl)B2O[C@@H]3C[C@@H]4C[C@@H](C4(C)C)[C@]3(C)O2)cccc1C(=O)OC(C)(C)C. The van der Waals surface area contributed by atoms with Crippen molar-refractivity contribution in [2.75, 3.05) is 21.3 Å². The summed E-state index contributed by atoms with van der Waals surface area (Å²) < 4.78 is 40.7. The van der Waals surface area contributed by atoms with E-state index in [2.05, 4.69) is 26.1 Å². The molecular weight excluding hydrogens is 902 g/mol. The maximum Gasteiger partial charge on any atom is 0.461 e. The van der Waals surface area contributed by atoms with Gasteiger partial charge in [-0.15, -0.1) is 0 Å². The number of nitrogens with two attached hydrogens (primary N) is 1. The maximum absolute atomic E-state index is 14.0. The van der Waals surface area contributed by atoms with Gasteiger partial charge in [0.1, 0.15) is 34.0 Å². The van der Waals surface area contributed by atoms with E-state index in [1.807, 2.05) is 39.8 Å². The van der Waals surface area contributed by atoms with E-state index in [-0.39, 0.29) is 34.3 Å². The van der Waals surface area contributed by atoms with Gasteiger partial charge in [0.05, 0.1) is 49.1 Å². The number of para-hydroxylation sites is 1. The van der Waals surface area contributed by atoms with Crippen molar-refractivity contribution in [1.82, 2.24) is 5.32 Å². The van der Waals surface area contributed by atoms with Crippen LogP contribution in [0.2, 0.25) is 15.9 Å². The fraction of sp³-hybridized carbons (Fsp3) is 0.560. The van der Waals surface area contributed by atoms with Crippen LogP contribution in [-0.2, 0) is 34.8 Å². The number of aryl methyl sites for hydroxylation is 2. The molecule has 3 aliphatic carbocycles. The van der Waals surface area contributed by atoms with Gasteiger partial charge in [-0.1, -0.05) is 73.4 Å². The number of benzene rings is 3. The summed E-state index contributed by atoms with van der Waals surface area (Å²) in [5.41, 5.74) is 8.30. The molecule has 2 unspecified atom stereocenters. The Kier molecular flexibility index (Phi) is 16.4. The van der Waals surface area contributed by atoms with Gasteiger partial charge in [0.15, 0.2) is 11.8 Å². The number of carboxylic acid groups (broad SMARTS) is 1. The Bertz CT molecular complexity index is 2350. The molecule has 4 N–H and O–H groups in total. The van der Waals surface area contributed by atoms with E-state index in [4.69, 9.17) is 61.9 Å². The first-order chi connectivity index (χ1) is 31.1. The molecule has 4 aliphatic rings. The number of aliphatic carboxylic acids is 1. The Morgan fingerprint density at radius 2 is 1.39 bits per heavy atom. The number of ether oxygens (including phenoxy) is 5. The molecule has 7 rings (SSSR count). The van der Waals surface area contributed by atoms with Crippen molar-refractivity contribution in [3.63, 3.8) is 0 Å². The van der Waals surface area contributed by atoms with E-state index in [9.17, 15) is 24.3 Å². The van der Waals surface area contributed by atoms with Crippen molar-refractivity contribution >= 4 is 54.1 Å². The minimum Gasteiger partial charge on any atom is -0.496 e. The summed E-state index contributed by atoms with van der Waals surface area (Å²) in [5.74, 6) is -0.125. The molecule has 0 radical (unpaired) electrons. The number of halogens is 2. The van der Waals surface area contributed by atoms with Gasteiger partial charge in [-0.3, -0.25) is 4.79 Å². The molecule has 14 nitrogen and oxygen atoms in total. The molecule has 67 heavy (non-hydrogen) atoms. The zero-order valence-corrected chi connectivity index (χ0v) is 42.7. The van der Waals surface area contributed by atoms with Crippen LogP contribution in [-0.4, -0.2) is 80.3 Å². The molecular formula is C50H67BCl2N2O12. The van der Waals surface area contributed by atoms with Gasteiger partial charge < -0.3 is 49.2 Å². The van der Waals surface area contributed by atoms with Crippen molar-refractivity contribution in [3.05, 3.63) is 85.9 Å². The average Bonchev–Trinajstić information content (AvgIpc) is 3.59. The Balaban J connectivity index is 0.000000321. The van der Waals surface area contributed by atoms with E-state index >= 15 is 0 Å². The quantitative estimate of drug-likeness (QED) is 0.102. The number of carbonyl (C=O) groups excluding carboxylic acids is 3. The summed E-state index contributed by atoms with van der Waals surface area (Å²) in [4.78, 5) is 50.4. The highest BCUT2D eigenvalue weighted by Crippen LogP contribution is 2.66.